The zero-order valence-electron chi connectivity index (χ0n) is 17.4. The molecule has 0 saturated heterocycles. The van der Waals surface area contributed by atoms with Gasteiger partial charge in [0.25, 0.3) is 11.5 Å². The van der Waals surface area contributed by atoms with E-state index in [4.69, 9.17) is 5.73 Å². The van der Waals surface area contributed by atoms with Crippen molar-refractivity contribution in [3.8, 4) is 0 Å². The van der Waals surface area contributed by atoms with Crippen molar-refractivity contribution in [3.05, 3.63) is 43.1 Å². The van der Waals surface area contributed by atoms with Gasteiger partial charge in [0.1, 0.15) is 22.2 Å². The Balaban J connectivity index is 1.71. The second-order valence-corrected chi connectivity index (χ2v) is 9.59. The molecule has 3 heterocycles. The minimum atomic E-state index is -1.22. The van der Waals surface area contributed by atoms with Gasteiger partial charge in [-0.15, -0.1) is 22.7 Å². The number of anilines is 1. The molecule has 11 heteroatoms. The lowest BCUT2D eigenvalue weighted by molar-refractivity contribution is -0.116. The number of carbonyl (C=O) groups is 3. The molecule has 0 bridgehead atoms. The van der Waals surface area contributed by atoms with E-state index in [0.717, 1.165) is 47.5 Å². The maximum absolute atomic E-state index is 13.1. The number of aromatic carboxylic acids is 1. The molecule has 0 aromatic carbocycles. The highest BCUT2D eigenvalue weighted by atomic mass is 32.1. The van der Waals surface area contributed by atoms with Gasteiger partial charge in [-0.3, -0.25) is 19.0 Å². The summed E-state index contributed by atoms with van der Waals surface area (Å²) in [5.74, 6) is -1.89. The average Bonchev–Trinajstić information content (AvgIpc) is 3.32. The smallest absolute Gasteiger partial charge is 0.337 e. The molecule has 0 spiro atoms. The molecule has 0 unspecified atom stereocenters. The van der Waals surface area contributed by atoms with Crippen molar-refractivity contribution in [3.63, 3.8) is 0 Å². The normalized spacial score (nSPS) is 13.2. The molecule has 1 aliphatic rings. The summed E-state index contributed by atoms with van der Waals surface area (Å²) < 4.78 is 1.22. The van der Waals surface area contributed by atoms with Crippen molar-refractivity contribution in [2.24, 2.45) is 5.73 Å². The molecule has 0 saturated carbocycles. The number of rotatable bonds is 7. The third-order valence-electron chi connectivity index (χ3n) is 5.45. The number of thiophene rings is 2. The lowest BCUT2D eigenvalue weighted by Crippen LogP contribution is -2.31. The van der Waals surface area contributed by atoms with Crippen LogP contribution in [0.25, 0.3) is 10.2 Å². The molecule has 168 valence electrons. The van der Waals surface area contributed by atoms with Crippen molar-refractivity contribution in [1.82, 2.24) is 9.55 Å². The molecule has 1 aliphatic carbocycles. The number of aryl methyl sites for hydroxylation is 2. The number of carboxylic acids is 1. The topological polar surface area (TPSA) is 144 Å². The minimum absolute atomic E-state index is 0.000402. The maximum atomic E-state index is 13.1. The Morgan fingerprint density at radius 1 is 1.28 bits per heavy atom. The molecule has 0 radical (unpaired) electrons. The highest BCUT2D eigenvalue weighted by Crippen LogP contribution is 2.37. The van der Waals surface area contributed by atoms with Crippen LogP contribution in [0.4, 0.5) is 5.00 Å². The predicted molar refractivity (Wildman–Crippen MR) is 123 cm³/mol. The number of nitrogens with zero attached hydrogens (tertiary/aromatic N) is 2. The summed E-state index contributed by atoms with van der Waals surface area (Å²) in [7, 11) is 0. The number of hydrogen-bond donors (Lipinski definition) is 3. The van der Waals surface area contributed by atoms with Crippen molar-refractivity contribution in [1.29, 1.82) is 0 Å². The first kappa shape index (κ1) is 22.2. The number of aromatic nitrogens is 2. The third-order valence-corrected chi connectivity index (χ3v) is 7.53. The molecule has 9 nitrogen and oxygen atoms in total. The summed E-state index contributed by atoms with van der Waals surface area (Å²) in [6, 6.07) is 0. The fraction of sp³-hybridized carbons (Fsp3) is 0.381. The van der Waals surface area contributed by atoms with E-state index in [9.17, 15) is 24.3 Å². The quantitative estimate of drug-likeness (QED) is 0.480. The van der Waals surface area contributed by atoms with Gasteiger partial charge in [0, 0.05) is 16.7 Å². The summed E-state index contributed by atoms with van der Waals surface area (Å²) in [4.78, 5) is 55.5. The fourth-order valence-corrected chi connectivity index (χ4v) is 6.26. The highest BCUT2D eigenvalue weighted by molar-refractivity contribution is 7.17. The maximum Gasteiger partial charge on any atom is 0.337 e. The number of nitrogens with two attached hydrogens (primary N) is 1. The Kier molecular flexibility index (Phi) is 6.11. The molecule has 0 fully saturated rings. The van der Waals surface area contributed by atoms with E-state index >= 15 is 0 Å². The molecular weight excluding hydrogens is 452 g/mol. The molecule has 3 aromatic heterocycles. The Morgan fingerprint density at radius 2 is 2.03 bits per heavy atom. The van der Waals surface area contributed by atoms with Gasteiger partial charge in [-0.25, -0.2) is 9.78 Å². The van der Waals surface area contributed by atoms with Gasteiger partial charge < -0.3 is 16.2 Å². The summed E-state index contributed by atoms with van der Waals surface area (Å²) in [5, 5.41) is 13.9. The van der Waals surface area contributed by atoms with Crippen molar-refractivity contribution < 1.29 is 19.5 Å². The van der Waals surface area contributed by atoms with Crippen LogP contribution in [-0.4, -0.2) is 32.4 Å². The second-order valence-electron chi connectivity index (χ2n) is 7.63. The van der Waals surface area contributed by atoms with E-state index in [1.807, 2.05) is 6.92 Å². The monoisotopic (exact) mass is 474 g/mol. The Hall–Kier alpha value is -3.05. The summed E-state index contributed by atoms with van der Waals surface area (Å²) in [6.45, 7) is 1.58. The van der Waals surface area contributed by atoms with E-state index in [1.54, 1.807) is 0 Å². The minimum Gasteiger partial charge on any atom is -0.478 e. The van der Waals surface area contributed by atoms with Crippen molar-refractivity contribution >= 4 is 55.7 Å². The summed E-state index contributed by atoms with van der Waals surface area (Å²) in [6.07, 6.45) is 4.72. The van der Waals surface area contributed by atoms with Crippen LogP contribution in [0.15, 0.2) is 10.2 Å². The van der Waals surface area contributed by atoms with Gasteiger partial charge in [-0.1, -0.05) is 6.92 Å². The van der Waals surface area contributed by atoms with E-state index in [0.29, 0.717) is 34.1 Å². The van der Waals surface area contributed by atoms with Crippen LogP contribution in [-0.2, 0) is 30.6 Å². The average molecular weight is 475 g/mol. The lowest BCUT2D eigenvalue weighted by Gasteiger charge is -2.13. The van der Waals surface area contributed by atoms with E-state index in [-0.39, 0.29) is 17.5 Å². The van der Waals surface area contributed by atoms with Gasteiger partial charge in [0.05, 0.1) is 16.5 Å². The van der Waals surface area contributed by atoms with Gasteiger partial charge in [0.2, 0.25) is 5.91 Å². The molecule has 32 heavy (non-hydrogen) atoms. The number of fused-ring (bicyclic) bond motifs is 2. The SMILES string of the molecule is CCCc1nc2scc(C(=O)O)c2c(=O)n1CC(=O)Nc1sc2c(c1C(N)=O)CCCC2. The zero-order chi connectivity index (χ0) is 23.0. The van der Waals surface area contributed by atoms with Crippen LogP contribution < -0.4 is 16.6 Å². The largest absolute Gasteiger partial charge is 0.478 e. The molecule has 2 amide bonds. The molecule has 4 N–H and O–H groups in total. The Labute approximate surface area is 190 Å². The zero-order valence-corrected chi connectivity index (χ0v) is 19.0. The number of amides is 2. The van der Waals surface area contributed by atoms with Crippen LogP contribution in [0, 0.1) is 0 Å². The molecule has 0 aliphatic heterocycles. The van der Waals surface area contributed by atoms with Gasteiger partial charge in [0.15, 0.2) is 0 Å². The fourth-order valence-electron chi connectivity index (χ4n) is 4.03. The number of carboxylic acid groups (broad SMARTS) is 1. The Morgan fingerprint density at radius 3 is 2.72 bits per heavy atom. The van der Waals surface area contributed by atoms with Gasteiger partial charge in [-0.2, -0.15) is 0 Å². The van der Waals surface area contributed by atoms with Crippen molar-refractivity contribution in [2.45, 2.75) is 52.0 Å². The van der Waals surface area contributed by atoms with Gasteiger partial charge >= 0.3 is 5.97 Å². The number of nitrogens with one attached hydrogen (secondary N) is 1. The molecule has 4 rings (SSSR count). The van der Waals surface area contributed by atoms with E-state index in [1.165, 1.54) is 21.3 Å². The van der Waals surface area contributed by atoms with Crippen LogP contribution in [0.1, 0.15) is 63.2 Å². The summed E-state index contributed by atoms with van der Waals surface area (Å²) >= 11 is 2.44. The first-order valence-corrected chi connectivity index (χ1v) is 12.0. The standard InChI is InChI=1S/C21H22N4O5S2/c1-2-5-13-23-18-16(11(9-31-18)21(29)30)20(28)25(13)8-14(26)24-19-15(17(22)27)10-6-3-4-7-12(10)32-19/h9H,2-8H2,1H3,(H2,22,27)(H,24,26)(H,29,30). The van der Waals surface area contributed by atoms with Crippen LogP contribution >= 0.6 is 22.7 Å². The first-order chi connectivity index (χ1) is 15.3. The van der Waals surface area contributed by atoms with Crippen LogP contribution in [0.5, 0.6) is 0 Å². The van der Waals surface area contributed by atoms with Crippen LogP contribution in [0.2, 0.25) is 0 Å². The molecule has 3 aromatic rings. The first-order valence-electron chi connectivity index (χ1n) is 10.3. The van der Waals surface area contributed by atoms with E-state index < -0.39 is 23.3 Å². The van der Waals surface area contributed by atoms with Crippen molar-refractivity contribution in [2.75, 3.05) is 5.32 Å². The Bertz CT molecular complexity index is 1300. The highest BCUT2D eigenvalue weighted by Gasteiger charge is 2.26. The molecule has 0 atom stereocenters. The van der Waals surface area contributed by atoms with E-state index in [2.05, 4.69) is 10.3 Å². The summed E-state index contributed by atoms with van der Waals surface area (Å²) in [5.41, 5.74) is 6.15. The molecular formula is C21H22N4O5S2. The number of primary amides is 1. The van der Waals surface area contributed by atoms with Crippen LogP contribution in [0.3, 0.4) is 0 Å². The van der Waals surface area contributed by atoms with Gasteiger partial charge in [-0.05, 0) is 37.7 Å². The predicted octanol–water partition coefficient (Wildman–Crippen LogP) is 2.79. The second kappa shape index (κ2) is 8.83. The number of hydrogen-bond acceptors (Lipinski definition) is 7. The third kappa shape index (κ3) is 3.93. The number of carbonyl (C=O) groups excluding carboxylic acids is 2. The lowest BCUT2D eigenvalue weighted by atomic mass is 9.95.